The molecule has 0 aromatic heterocycles. The zero-order valence-corrected chi connectivity index (χ0v) is 7.49. The minimum absolute atomic E-state index is 0.0172. The third-order valence-corrected chi connectivity index (χ3v) is 2.92. The third kappa shape index (κ3) is 1.67. The summed E-state index contributed by atoms with van der Waals surface area (Å²) in [5, 5.41) is 5.83. The number of carbonyl (C=O) groups excluding carboxylic acids is 1. The van der Waals surface area contributed by atoms with Gasteiger partial charge in [-0.25, -0.2) is 0 Å². The Kier molecular flexibility index (Phi) is 2.23. The molecule has 4 unspecified atom stereocenters. The van der Waals surface area contributed by atoms with E-state index < -0.39 is 0 Å². The van der Waals surface area contributed by atoms with Gasteiger partial charge in [0.2, 0.25) is 5.91 Å². The molecule has 4 atom stereocenters. The maximum absolute atomic E-state index is 11.5. The smallest absolute Gasteiger partial charge is 0.226 e. The summed E-state index contributed by atoms with van der Waals surface area (Å²) >= 11 is 0. The van der Waals surface area contributed by atoms with E-state index in [1.54, 1.807) is 0 Å². The lowest BCUT2D eigenvalue weighted by Crippen LogP contribution is -2.66. The summed E-state index contributed by atoms with van der Waals surface area (Å²) in [4.78, 5) is 11.5. The first-order chi connectivity index (χ1) is 6.16. The molecule has 1 aliphatic heterocycles. The summed E-state index contributed by atoms with van der Waals surface area (Å²) < 4.78 is 0. The predicted molar refractivity (Wildman–Crippen MR) is 48.4 cm³/mol. The molecular formula is C8H16N4O. The molecule has 5 heteroatoms. The Morgan fingerprint density at radius 1 is 1.31 bits per heavy atom. The second kappa shape index (κ2) is 3.25. The molecule has 1 saturated heterocycles. The van der Waals surface area contributed by atoms with Crippen LogP contribution in [0.1, 0.15) is 19.3 Å². The average molecular weight is 184 g/mol. The van der Waals surface area contributed by atoms with E-state index in [0.29, 0.717) is 0 Å². The molecule has 5 nitrogen and oxygen atoms in total. The van der Waals surface area contributed by atoms with Crippen molar-refractivity contribution < 1.29 is 4.79 Å². The molecule has 0 spiro atoms. The van der Waals surface area contributed by atoms with Crippen LogP contribution < -0.4 is 22.1 Å². The number of hydrogen-bond donors (Lipinski definition) is 4. The van der Waals surface area contributed by atoms with E-state index in [0.717, 1.165) is 19.3 Å². The first-order valence-corrected chi connectivity index (χ1v) is 4.74. The van der Waals surface area contributed by atoms with Crippen molar-refractivity contribution in [2.45, 2.75) is 37.6 Å². The molecule has 0 bridgehead atoms. The van der Waals surface area contributed by atoms with Gasteiger partial charge in [-0.2, -0.15) is 0 Å². The van der Waals surface area contributed by atoms with Crippen LogP contribution in [0.15, 0.2) is 0 Å². The van der Waals surface area contributed by atoms with Crippen LogP contribution in [0.2, 0.25) is 0 Å². The highest BCUT2D eigenvalue weighted by Gasteiger charge is 2.38. The Labute approximate surface area is 77.2 Å². The van der Waals surface area contributed by atoms with Gasteiger partial charge in [0.1, 0.15) is 6.29 Å². The van der Waals surface area contributed by atoms with Crippen LogP contribution in [-0.2, 0) is 4.79 Å². The lowest BCUT2D eigenvalue weighted by Gasteiger charge is -2.40. The zero-order valence-electron chi connectivity index (χ0n) is 7.49. The molecule has 2 rings (SSSR count). The van der Waals surface area contributed by atoms with E-state index in [9.17, 15) is 4.79 Å². The summed E-state index contributed by atoms with van der Waals surface area (Å²) in [5.74, 6) is 0.0648. The molecule has 0 aromatic rings. The summed E-state index contributed by atoms with van der Waals surface area (Å²) in [6.07, 6.45) is 2.32. The molecule has 2 aliphatic rings. The van der Waals surface area contributed by atoms with Crippen molar-refractivity contribution in [1.82, 2.24) is 10.6 Å². The molecule has 2 fully saturated rings. The lowest BCUT2D eigenvalue weighted by molar-refractivity contribution is -0.130. The van der Waals surface area contributed by atoms with Crippen molar-refractivity contribution in [2.75, 3.05) is 0 Å². The number of rotatable bonds is 0. The molecule has 1 saturated carbocycles. The summed E-state index contributed by atoms with van der Waals surface area (Å²) in [5.41, 5.74) is 11.4. The molecule has 1 aliphatic carbocycles. The van der Waals surface area contributed by atoms with Crippen molar-refractivity contribution in [1.29, 1.82) is 0 Å². The third-order valence-electron chi connectivity index (χ3n) is 2.92. The quantitative estimate of drug-likeness (QED) is 0.366. The minimum Gasteiger partial charge on any atom is -0.328 e. The molecular weight excluding hydrogens is 168 g/mol. The highest BCUT2D eigenvalue weighted by Crippen LogP contribution is 2.25. The molecule has 1 heterocycles. The predicted octanol–water partition coefficient (Wildman–Crippen LogP) is -1.56. The number of hydrogen-bond acceptors (Lipinski definition) is 4. The summed E-state index contributed by atoms with van der Waals surface area (Å²) in [6, 6.07) is 0.395. The second-order valence-corrected chi connectivity index (χ2v) is 3.94. The number of carbonyl (C=O) groups is 1. The summed E-state index contributed by atoms with van der Waals surface area (Å²) in [7, 11) is 0. The Hall–Kier alpha value is -0.650. The van der Waals surface area contributed by atoms with Crippen molar-refractivity contribution in [3.05, 3.63) is 0 Å². The van der Waals surface area contributed by atoms with Gasteiger partial charge in [0.25, 0.3) is 0 Å². The number of fused-ring (bicyclic) bond motifs is 1. The van der Waals surface area contributed by atoms with E-state index in [4.69, 9.17) is 11.5 Å². The highest BCUT2D eigenvalue weighted by molar-refractivity contribution is 5.80. The van der Waals surface area contributed by atoms with Gasteiger partial charge in [-0.1, -0.05) is 0 Å². The topological polar surface area (TPSA) is 93.2 Å². The average Bonchev–Trinajstić information content (AvgIpc) is 2.06. The van der Waals surface area contributed by atoms with Crippen LogP contribution in [0.3, 0.4) is 0 Å². The van der Waals surface area contributed by atoms with Crippen LogP contribution >= 0.6 is 0 Å². The standard InChI is InChI=1S/C8H16N4O/c9-4-1-2-6-5(3-4)7(13)12-8(10)11-6/h4-6,8,11H,1-3,9-10H2,(H,12,13). The van der Waals surface area contributed by atoms with Crippen LogP contribution in [0.5, 0.6) is 0 Å². The Morgan fingerprint density at radius 2 is 2.08 bits per heavy atom. The van der Waals surface area contributed by atoms with Gasteiger partial charge in [-0.3, -0.25) is 15.8 Å². The Balaban J connectivity index is 2.06. The van der Waals surface area contributed by atoms with E-state index >= 15 is 0 Å². The lowest BCUT2D eigenvalue weighted by atomic mass is 9.80. The normalized spacial score (nSPS) is 45.2. The van der Waals surface area contributed by atoms with Crippen LogP contribution in [-0.4, -0.2) is 24.3 Å². The van der Waals surface area contributed by atoms with Crippen molar-refractivity contribution >= 4 is 5.91 Å². The van der Waals surface area contributed by atoms with Gasteiger partial charge in [0.15, 0.2) is 0 Å². The molecule has 0 radical (unpaired) electrons. The second-order valence-electron chi connectivity index (χ2n) is 3.94. The van der Waals surface area contributed by atoms with Gasteiger partial charge >= 0.3 is 0 Å². The fourth-order valence-electron chi connectivity index (χ4n) is 2.22. The van der Waals surface area contributed by atoms with Gasteiger partial charge < -0.3 is 11.1 Å². The van der Waals surface area contributed by atoms with E-state index in [1.165, 1.54) is 0 Å². The molecule has 74 valence electrons. The number of nitrogens with two attached hydrogens (primary N) is 2. The minimum atomic E-state index is -0.386. The molecule has 13 heavy (non-hydrogen) atoms. The van der Waals surface area contributed by atoms with E-state index in [1.807, 2.05) is 0 Å². The molecule has 1 amide bonds. The first kappa shape index (κ1) is 8.93. The monoisotopic (exact) mass is 184 g/mol. The van der Waals surface area contributed by atoms with Crippen molar-refractivity contribution in [3.8, 4) is 0 Å². The van der Waals surface area contributed by atoms with E-state index in [2.05, 4.69) is 10.6 Å². The van der Waals surface area contributed by atoms with Crippen molar-refractivity contribution in [2.24, 2.45) is 17.4 Å². The maximum Gasteiger partial charge on any atom is 0.226 e. The van der Waals surface area contributed by atoms with Gasteiger partial charge in [0, 0.05) is 12.1 Å². The zero-order chi connectivity index (χ0) is 9.42. The van der Waals surface area contributed by atoms with Gasteiger partial charge in [-0.05, 0) is 19.3 Å². The summed E-state index contributed by atoms with van der Waals surface area (Å²) in [6.45, 7) is 0. The van der Waals surface area contributed by atoms with Gasteiger partial charge in [0.05, 0.1) is 5.92 Å². The first-order valence-electron chi connectivity index (χ1n) is 4.74. The van der Waals surface area contributed by atoms with Gasteiger partial charge in [-0.15, -0.1) is 0 Å². The Bertz CT molecular complexity index is 220. The maximum atomic E-state index is 11.5. The number of amides is 1. The van der Waals surface area contributed by atoms with Crippen LogP contribution in [0, 0.1) is 5.92 Å². The SMILES string of the molecule is NC1CCC2NC(N)NC(=O)C2C1. The highest BCUT2D eigenvalue weighted by atomic mass is 16.2. The van der Waals surface area contributed by atoms with Crippen LogP contribution in [0.25, 0.3) is 0 Å². The Morgan fingerprint density at radius 3 is 2.85 bits per heavy atom. The molecule has 0 aromatic carbocycles. The largest absolute Gasteiger partial charge is 0.328 e. The van der Waals surface area contributed by atoms with Crippen molar-refractivity contribution in [3.63, 3.8) is 0 Å². The number of nitrogens with one attached hydrogen (secondary N) is 2. The molecule has 6 N–H and O–H groups in total. The fraction of sp³-hybridized carbons (Fsp3) is 0.875. The van der Waals surface area contributed by atoms with E-state index in [-0.39, 0.29) is 30.2 Å². The van der Waals surface area contributed by atoms with Crippen LogP contribution in [0.4, 0.5) is 0 Å². The fourth-order valence-corrected chi connectivity index (χ4v) is 2.22.